The van der Waals surface area contributed by atoms with Crippen LogP contribution in [0.1, 0.15) is 58.3 Å². The Kier molecular flexibility index (Phi) is 3.07. The quantitative estimate of drug-likeness (QED) is 0.390. The molecule has 6 aliphatic rings. The molecule has 4 heteroatoms. The summed E-state index contributed by atoms with van der Waals surface area (Å²) in [6.45, 7) is 6.89. The molecule has 1 heterocycles. The number of carbonyl (C=O) groups is 1. The Morgan fingerprint density at radius 1 is 1.22 bits per heavy atom. The maximum Gasteiger partial charge on any atom is 0.306 e. The summed E-state index contributed by atoms with van der Waals surface area (Å²) in [6.07, 6.45) is 10.4. The highest BCUT2D eigenvalue weighted by molar-refractivity contribution is 5.96. The van der Waals surface area contributed by atoms with Crippen LogP contribution >= 0.6 is 0 Å². The predicted molar refractivity (Wildman–Crippen MR) is 101 cm³/mol. The van der Waals surface area contributed by atoms with Crippen LogP contribution in [0.15, 0.2) is 29.0 Å². The van der Waals surface area contributed by atoms with Crippen LogP contribution in [-0.4, -0.2) is 22.5 Å². The molecule has 5 aliphatic carbocycles. The number of hydrogen-bond donors (Lipinski definition) is 1. The molecule has 6 rings (SSSR count). The van der Waals surface area contributed by atoms with E-state index >= 15 is 0 Å². The minimum Gasteiger partial charge on any atom is -0.458 e. The first-order valence-corrected chi connectivity index (χ1v) is 10.8. The lowest BCUT2D eigenvalue weighted by Gasteiger charge is -2.57. The van der Waals surface area contributed by atoms with Gasteiger partial charge in [-0.05, 0) is 86.2 Å². The second kappa shape index (κ2) is 5.07. The van der Waals surface area contributed by atoms with E-state index in [0.717, 1.165) is 37.3 Å². The zero-order valence-electron chi connectivity index (χ0n) is 16.1. The Morgan fingerprint density at radius 3 is 2.81 bits per heavy atom. The number of oxime groups is 1. The van der Waals surface area contributed by atoms with Gasteiger partial charge in [0, 0.05) is 17.8 Å². The molecule has 1 spiro atoms. The molecule has 0 aromatic heterocycles. The van der Waals surface area contributed by atoms with E-state index < -0.39 is 0 Å². The minimum absolute atomic E-state index is 0.0334. The fourth-order valence-corrected chi connectivity index (χ4v) is 8.58. The molecule has 5 fully saturated rings. The molecular weight excluding hydrogens is 338 g/mol. The summed E-state index contributed by atoms with van der Waals surface area (Å²) in [6, 6.07) is 0. The third-order valence-electron chi connectivity index (χ3n) is 9.58. The number of allylic oxidation sites excluding steroid dienone is 3. The van der Waals surface area contributed by atoms with Crippen LogP contribution in [0.2, 0.25) is 0 Å². The number of carbonyl (C=O) groups excluding carboxylic acids is 1. The van der Waals surface area contributed by atoms with Gasteiger partial charge >= 0.3 is 5.97 Å². The maximum atomic E-state index is 12.1. The lowest BCUT2D eigenvalue weighted by molar-refractivity contribution is -0.173. The molecule has 0 amide bonds. The van der Waals surface area contributed by atoms with Crippen LogP contribution in [-0.2, 0) is 9.53 Å². The van der Waals surface area contributed by atoms with E-state index in [9.17, 15) is 10.0 Å². The average Bonchev–Trinajstić information content (AvgIpc) is 3.30. The first-order valence-electron chi connectivity index (χ1n) is 10.8. The lowest BCUT2D eigenvalue weighted by Crippen LogP contribution is -2.55. The highest BCUT2D eigenvalue weighted by atomic mass is 16.6. The summed E-state index contributed by atoms with van der Waals surface area (Å²) in [5, 5.41) is 12.7. The van der Waals surface area contributed by atoms with E-state index in [1.165, 1.54) is 30.4 Å². The zero-order chi connectivity index (χ0) is 18.6. The van der Waals surface area contributed by atoms with Crippen molar-refractivity contribution in [3.05, 3.63) is 23.8 Å². The van der Waals surface area contributed by atoms with Gasteiger partial charge in [0.25, 0.3) is 0 Å². The van der Waals surface area contributed by atoms with Crippen LogP contribution in [0.3, 0.4) is 0 Å². The summed E-state index contributed by atoms with van der Waals surface area (Å²) in [7, 11) is 0. The van der Waals surface area contributed by atoms with Crippen molar-refractivity contribution in [3.8, 4) is 0 Å². The molecule has 8 atom stereocenters. The van der Waals surface area contributed by atoms with Crippen molar-refractivity contribution in [3.63, 3.8) is 0 Å². The number of hydrogen-bond acceptors (Lipinski definition) is 4. The molecule has 4 saturated carbocycles. The molecule has 0 bridgehead atoms. The molecule has 1 aliphatic heterocycles. The Balaban J connectivity index is 1.38. The molecule has 4 nitrogen and oxygen atoms in total. The van der Waals surface area contributed by atoms with Crippen molar-refractivity contribution in [2.45, 2.75) is 63.9 Å². The Bertz CT molecular complexity index is 812. The fourth-order valence-electron chi connectivity index (χ4n) is 8.58. The number of ether oxygens (including phenoxy) is 1. The monoisotopic (exact) mass is 367 g/mol. The molecule has 0 radical (unpaired) electrons. The van der Waals surface area contributed by atoms with E-state index in [0.29, 0.717) is 36.0 Å². The van der Waals surface area contributed by atoms with Crippen molar-refractivity contribution < 1.29 is 14.7 Å². The fraction of sp³-hybridized carbons (Fsp3) is 0.739. The van der Waals surface area contributed by atoms with Crippen molar-refractivity contribution in [1.82, 2.24) is 0 Å². The summed E-state index contributed by atoms with van der Waals surface area (Å²) >= 11 is 0. The molecule has 0 aromatic rings. The normalized spacial score (nSPS) is 54.1. The molecule has 0 aromatic carbocycles. The Morgan fingerprint density at radius 2 is 2.07 bits per heavy atom. The molecular formula is C23H29NO3. The van der Waals surface area contributed by atoms with Gasteiger partial charge in [-0.25, -0.2) is 0 Å². The molecule has 1 N–H and O–H groups in total. The number of fused-ring (bicyclic) bond motifs is 9. The maximum absolute atomic E-state index is 12.1. The van der Waals surface area contributed by atoms with E-state index in [1.807, 2.05) is 0 Å². The van der Waals surface area contributed by atoms with Gasteiger partial charge < -0.3 is 9.94 Å². The smallest absolute Gasteiger partial charge is 0.306 e. The number of rotatable bonds is 0. The minimum atomic E-state index is -0.162. The van der Waals surface area contributed by atoms with Crippen molar-refractivity contribution in [1.29, 1.82) is 0 Å². The van der Waals surface area contributed by atoms with E-state index in [2.05, 4.69) is 24.7 Å². The van der Waals surface area contributed by atoms with Crippen LogP contribution < -0.4 is 0 Å². The van der Waals surface area contributed by atoms with Crippen molar-refractivity contribution in [2.24, 2.45) is 46.1 Å². The molecule has 1 saturated heterocycles. The Labute approximate surface area is 160 Å². The molecule has 3 unspecified atom stereocenters. The highest BCUT2D eigenvalue weighted by Gasteiger charge is 2.78. The predicted octanol–water partition coefficient (Wildman–Crippen LogP) is 4.49. The van der Waals surface area contributed by atoms with Crippen LogP contribution in [0, 0.1) is 40.9 Å². The third kappa shape index (κ3) is 1.85. The van der Waals surface area contributed by atoms with Gasteiger partial charge in [-0.2, -0.15) is 0 Å². The molecule has 27 heavy (non-hydrogen) atoms. The summed E-state index contributed by atoms with van der Waals surface area (Å²) < 4.78 is 6.16. The van der Waals surface area contributed by atoms with Gasteiger partial charge in [-0.15, -0.1) is 0 Å². The Hall–Kier alpha value is -1.58. The second-order valence-corrected chi connectivity index (χ2v) is 10.3. The van der Waals surface area contributed by atoms with E-state index in [-0.39, 0.29) is 17.0 Å². The summed E-state index contributed by atoms with van der Waals surface area (Å²) in [5.74, 6) is 4.05. The first kappa shape index (κ1) is 16.4. The van der Waals surface area contributed by atoms with Crippen molar-refractivity contribution in [2.75, 3.05) is 0 Å². The van der Waals surface area contributed by atoms with Gasteiger partial charge in [0.15, 0.2) is 0 Å². The van der Waals surface area contributed by atoms with Gasteiger partial charge in [0.05, 0.1) is 5.71 Å². The van der Waals surface area contributed by atoms with Crippen LogP contribution in [0.5, 0.6) is 0 Å². The zero-order valence-corrected chi connectivity index (χ0v) is 16.1. The van der Waals surface area contributed by atoms with Gasteiger partial charge in [0.1, 0.15) is 5.60 Å². The lowest BCUT2D eigenvalue weighted by atomic mass is 9.48. The number of esters is 1. The first-order chi connectivity index (χ1) is 13.0. The third-order valence-corrected chi connectivity index (χ3v) is 9.58. The highest BCUT2D eigenvalue weighted by Crippen LogP contribution is 2.78. The number of nitrogens with zero attached hydrogens (tertiary/aromatic N) is 1. The summed E-state index contributed by atoms with van der Waals surface area (Å²) in [5.41, 5.74) is 3.41. The van der Waals surface area contributed by atoms with Crippen LogP contribution in [0.25, 0.3) is 0 Å². The topological polar surface area (TPSA) is 58.9 Å². The SMILES string of the molecule is C=C1CC2C(CC[C@@]3(C)C2[C@H]2C[C@H]2[C@@]32CCC(=O)O2)[C@H]2CC/C(=N\O)C=C12. The summed E-state index contributed by atoms with van der Waals surface area (Å²) in [4.78, 5) is 12.1. The van der Waals surface area contributed by atoms with E-state index in [1.54, 1.807) is 0 Å². The van der Waals surface area contributed by atoms with Gasteiger partial charge in [0.2, 0.25) is 0 Å². The largest absolute Gasteiger partial charge is 0.458 e. The van der Waals surface area contributed by atoms with Crippen LogP contribution in [0.4, 0.5) is 0 Å². The second-order valence-electron chi connectivity index (χ2n) is 10.3. The molecule has 144 valence electrons. The van der Waals surface area contributed by atoms with Gasteiger partial charge in [-0.1, -0.05) is 24.2 Å². The van der Waals surface area contributed by atoms with E-state index in [4.69, 9.17) is 4.74 Å². The average molecular weight is 367 g/mol. The standard InChI is InChI=1S/C23H29NO3/c1-12-9-17-15(14-4-3-13(24-26)10-16(12)14)5-7-22(2)21(17)18-11-19(18)23(22)8-6-20(25)27-23/h10,14-15,17-19,21,26H,1,3-9,11H2,2H3/b24-13+/t14-,15?,17?,18+,19-,21?,22+,23+/m1/s1. The van der Waals surface area contributed by atoms with Gasteiger partial charge in [-0.3, -0.25) is 4.79 Å². The van der Waals surface area contributed by atoms with Crippen molar-refractivity contribution >= 4 is 11.7 Å².